The fourth-order valence-corrected chi connectivity index (χ4v) is 4.85. The van der Waals surface area contributed by atoms with Crippen LogP contribution in [-0.2, 0) is 23.7 Å². The average molecular weight is 593 g/mol. The lowest BCUT2D eigenvalue weighted by molar-refractivity contribution is -0.152. The number of ether oxygens (including phenoxy) is 7. The van der Waals surface area contributed by atoms with Gasteiger partial charge in [0.05, 0.1) is 11.7 Å². The first-order valence-electron chi connectivity index (χ1n) is 14.3. The average Bonchev–Trinajstić information content (AvgIpc) is 3.30. The molecule has 43 heavy (non-hydrogen) atoms. The number of hydrogen-bond acceptors (Lipinski definition) is 9. The number of carbonyl (C=O) groups excluding carboxylic acids is 2. The van der Waals surface area contributed by atoms with Gasteiger partial charge in [0.15, 0.2) is 12.6 Å². The minimum atomic E-state index is -0.912. The highest BCUT2D eigenvalue weighted by Gasteiger charge is 2.45. The summed E-state index contributed by atoms with van der Waals surface area (Å²) in [6.45, 7) is 11.3. The number of fused-ring (bicyclic) bond motifs is 2. The van der Waals surface area contributed by atoms with E-state index in [2.05, 4.69) is 6.58 Å². The summed E-state index contributed by atoms with van der Waals surface area (Å²) in [6.07, 6.45) is 7.00. The Labute approximate surface area is 253 Å². The van der Waals surface area contributed by atoms with Gasteiger partial charge in [-0.1, -0.05) is 56.0 Å². The summed E-state index contributed by atoms with van der Waals surface area (Å²) >= 11 is 0. The summed E-state index contributed by atoms with van der Waals surface area (Å²) in [6, 6.07) is 12.2. The Morgan fingerprint density at radius 3 is 2.58 bits per heavy atom. The van der Waals surface area contributed by atoms with Crippen LogP contribution in [0.3, 0.4) is 0 Å². The molecule has 0 bridgehead atoms. The summed E-state index contributed by atoms with van der Waals surface area (Å²) in [7, 11) is 1.50. The van der Waals surface area contributed by atoms with Gasteiger partial charge in [-0.3, -0.25) is 0 Å². The molecule has 2 aromatic carbocycles. The highest BCUT2D eigenvalue weighted by Crippen LogP contribution is 2.36. The van der Waals surface area contributed by atoms with Gasteiger partial charge in [-0.15, -0.1) is 0 Å². The summed E-state index contributed by atoms with van der Waals surface area (Å²) in [4.78, 5) is 26.7. The van der Waals surface area contributed by atoms with Crippen molar-refractivity contribution < 1.29 is 42.7 Å². The molecule has 230 valence electrons. The van der Waals surface area contributed by atoms with Crippen molar-refractivity contribution in [2.24, 2.45) is 5.92 Å². The largest absolute Gasteiger partial charge is 0.489 e. The van der Waals surface area contributed by atoms with E-state index in [4.69, 9.17) is 33.2 Å². The Morgan fingerprint density at radius 1 is 1.09 bits per heavy atom. The van der Waals surface area contributed by atoms with Crippen LogP contribution < -0.4 is 9.47 Å². The van der Waals surface area contributed by atoms with Crippen LogP contribution in [0.2, 0.25) is 0 Å². The number of hydrogen-bond donors (Lipinski definition) is 0. The predicted octanol–water partition coefficient (Wildman–Crippen LogP) is 6.13. The van der Waals surface area contributed by atoms with Crippen LogP contribution >= 0.6 is 0 Å². The van der Waals surface area contributed by atoms with Crippen molar-refractivity contribution in [1.82, 2.24) is 0 Å². The lowest BCUT2D eigenvalue weighted by Crippen LogP contribution is -2.37. The van der Waals surface area contributed by atoms with Crippen LogP contribution in [0.15, 0.2) is 73.3 Å². The molecule has 0 N–H and O–H groups in total. The molecule has 2 aromatic rings. The maximum absolute atomic E-state index is 13.6. The number of rotatable bonds is 8. The maximum Gasteiger partial charge on any atom is 0.342 e. The lowest BCUT2D eigenvalue weighted by atomic mass is 9.98. The van der Waals surface area contributed by atoms with Gasteiger partial charge in [0.25, 0.3) is 0 Å². The van der Waals surface area contributed by atoms with Gasteiger partial charge in [0.2, 0.25) is 0 Å². The monoisotopic (exact) mass is 592 g/mol. The predicted molar refractivity (Wildman–Crippen MR) is 161 cm³/mol. The van der Waals surface area contributed by atoms with Crippen molar-refractivity contribution >= 4 is 18.0 Å². The molecule has 9 heteroatoms. The van der Waals surface area contributed by atoms with E-state index in [9.17, 15) is 9.59 Å². The minimum Gasteiger partial charge on any atom is -0.489 e. The Morgan fingerprint density at radius 2 is 1.86 bits per heavy atom. The number of esters is 2. The molecule has 1 fully saturated rings. The summed E-state index contributed by atoms with van der Waals surface area (Å²) in [5.74, 6) is -1.43. The third kappa shape index (κ3) is 8.34. The molecule has 2 heterocycles. The molecule has 9 nitrogen and oxygen atoms in total. The second-order valence-corrected chi connectivity index (χ2v) is 10.9. The Bertz CT molecular complexity index is 1330. The van der Waals surface area contributed by atoms with Gasteiger partial charge in [0, 0.05) is 19.1 Å². The Hall–Kier alpha value is -3.92. The molecule has 1 saturated heterocycles. The summed E-state index contributed by atoms with van der Waals surface area (Å²) in [5.41, 5.74) is 1.21. The highest BCUT2D eigenvalue weighted by atomic mass is 16.8. The number of cyclic esters (lactones) is 1. The van der Waals surface area contributed by atoms with E-state index < -0.39 is 42.1 Å². The number of benzene rings is 2. The molecule has 2 aliphatic heterocycles. The van der Waals surface area contributed by atoms with Crippen molar-refractivity contribution in [3.05, 3.63) is 90.0 Å². The van der Waals surface area contributed by atoms with Crippen molar-refractivity contribution in [1.29, 1.82) is 0 Å². The van der Waals surface area contributed by atoms with Crippen LogP contribution in [-0.4, -0.2) is 62.7 Å². The SMILES string of the molecule is C=CCOc1cc2c(c(OCOC)c1)C(=O)OC(C)[C@H](C)/C=C\C(OC(=O)c1ccccc1)C1OC(C)(C)OC1CC=C2. The molecule has 0 saturated carbocycles. The van der Waals surface area contributed by atoms with Crippen molar-refractivity contribution in [2.75, 3.05) is 20.5 Å². The second-order valence-electron chi connectivity index (χ2n) is 10.9. The van der Waals surface area contributed by atoms with Gasteiger partial charge in [0.1, 0.15) is 42.0 Å². The summed E-state index contributed by atoms with van der Waals surface area (Å²) < 4.78 is 41.2. The third-order valence-electron chi connectivity index (χ3n) is 7.11. The van der Waals surface area contributed by atoms with Crippen molar-refractivity contribution in [3.63, 3.8) is 0 Å². The molecule has 4 unspecified atom stereocenters. The molecule has 0 spiro atoms. The van der Waals surface area contributed by atoms with E-state index >= 15 is 0 Å². The Balaban J connectivity index is 1.75. The van der Waals surface area contributed by atoms with Crippen molar-refractivity contribution in [2.45, 2.75) is 64.3 Å². The van der Waals surface area contributed by atoms with E-state index in [1.54, 1.807) is 61.5 Å². The fourth-order valence-electron chi connectivity index (χ4n) is 4.85. The van der Waals surface area contributed by atoms with Crippen LogP contribution in [0.25, 0.3) is 6.08 Å². The zero-order valence-corrected chi connectivity index (χ0v) is 25.3. The van der Waals surface area contributed by atoms with Crippen LogP contribution in [0, 0.1) is 5.92 Å². The third-order valence-corrected chi connectivity index (χ3v) is 7.11. The van der Waals surface area contributed by atoms with E-state index in [1.165, 1.54) is 7.11 Å². The van der Waals surface area contributed by atoms with Crippen LogP contribution in [0.5, 0.6) is 11.5 Å². The molecule has 0 amide bonds. The van der Waals surface area contributed by atoms with E-state index in [-0.39, 0.29) is 30.6 Å². The quantitative estimate of drug-likeness (QED) is 0.204. The molecule has 4 rings (SSSR count). The van der Waals surface area contributed by atoms with E-state index in [1.807, 2.05) is 39.0 Å². The first-order valence-corrected chi connectivity index (χ1v) is 14.3. The topological polar surface area (TPSA) is 98.8 Å². The zero-order valence-electron chi connectivity index (χ0n) is 25.3. The van der Waals surface area contributed by atoms with Gasteiger partial charge >= 0.3 is 11.9 Å². The van der Waals surface area contributed by atoms with Crippen LogP contribution in [0.4, 0.5) is 0 Å². The van der Waals surface area contributed by atoms with Gasteiger partial charge < -0.3 is 33.2 Å². The molecular weight excluding hydrogens is 552 g/mol. The molecule has 0 aliphatic carbocycles. The molecule has 0 aromatic heterocycles. The maximum atomic E-state index is 13.6. The standard InChI is InChI=1S/C34H40O9/c1-7-18-38-26-19-25-14-11-15-28-31(43-34(4,5)42-28)27(41-32(35)24-12-9-8-10-13-24)17-16-22(2)23(3)40-33(36)30(25)29(20-26)39-21-37-6/h7-14,16-17,19-20,22-23,27-28,31H,1,15,18,21H2,2-6H3/b14-11?,17-16-/t22-,23?,27?,28?,31?/m1/s1. The lowest BCUT2D eigenvalue weighted by Gasteiger charge is -2.25. The van der Waals surface area contributed by atoms with Gasteiger partial charge in [-0.2, -0.15) is 0 Å². The first-order chi connectivity index (χ1) is 20.6. The molecule has 0 radical (unpaired) electrons. The first kappa shape index (κ1) is 32.0. The van der Waals surface area contributed by atoms with Crippen LogP contribution in [0.1, 0.15) is 60.4 Å². The van der Waals surface area contributed by atoms with Gasteiger partial charge in [-0.05, 0) is 57.0 Å². The van der Waals surface area contributed by atoms with E-state index in [0.29, 0.717) is 23.3 Å². The molecule has 5 atom stereocenters. The van der Waals surface area contributed by atoms with E-state index in [0.717, 1.165) is 0 Å². The zero-order chi connectivity index (χ0) is 31.0. The van der Waals surface area contributed by atoms with Gasteiger partial charge in [-0.25, -0.2) is 9.59 Å². The van der Waals surface area contributed by atoms with Crippen molar-refractivity contribution in [3.8, 4) is 11.5 Å². The smallest absolute Gasteiger partial charge is 0.342 e. The second kappa shape index (κ2) is 14.5. The molecular formula is C34H40O9. The molecule has 2 aliphatic rings. The Kier molecular flexibility index (Phi) is 10.8. The highest BCUT2D eigenvalue weighted by molar-refractivity contribution is 5.97. The number of methoxy groups -OCH3 is 1. The minimum absolute atomic E-state index is 0.0733. The summed E-state index contributed by atoms with van der Waals surface area (Å²) in [5, 5.41) is 0. The normalized spacial score (nSPS) is 25.8. The fraction of sp³-hybridized carbons (Fsp3) is 0.412. The number of carbonyl (C=O) groups is 2.